The Morgan fingerprint density at radius 3 is 2.89 bits per heavy atom. The Morgan fingerprint density at radius 1 is 1.33 bits per heavy atom. The molecule has 0 aliphatic heterocycles. The number of hydrogen-bond donors (Lipinski definition) is 0. The van der Waals surface area contributed by atoms with E-state index in [2.05, 4.69) is 0 Å². The fourth-order valence-corrected chi connectivity index (χ4v) is 3.01. The molecule has 0 N–H and O–H groups in total. The van der Waals surface area contributed by atoms with Crippen LogP contribution in [0.5, 0.6) is 0 Å². The maximum Gasteiger partial charge on any atom is 0.170 e. The molecule has 2 unspecified atom stereocenters. The molecule has 0 aromatic heterocycles. The van der Waals surface area contributed by atoms with Crippen molar-refractivity contribution in [1.82, 2.24) is 0 Å². The van der Waals surface area contributed by atoms with Gasteiger partial charge in [0.1, 0.15) is 5.60 Å². The molecule has 3 heteroatoms. The standard InChI is InChI=1S/C15H14O3/c1-2-18-15-8-7-10(16)9-13(15)14(17)11-5-3-4-6-12(11)15/h3-8,13H,2,9H2,1H3. The number of Topliss-reactive ketones (excluding diaryl/α,β-unsaturated/α-hetero) is 1. The summed E-state index contributed by atoms with van der Waals surface area (Å²) in [7, 11) is 0. The monoisotopic (exact) mass is 242 g/mol. The molecule has 0 radical (unpaired) electrons. The number of benzene rings is 1. The van der Waals surface area contributed by atoms with Crippen molar-refractivity contribution in [3.63, 3.8) is 0 Å². The highest BCUT2D eigenvalue weighted by Crippen LogP contribution is 2.48. The first-order valence-corrected chi connectivity index (χ1v) is 6.19. The molecular formula is C15H14O3. The number of rotatable bonds is 2. The van der Waals surface area contributed by atoms with Crippen LogP contribution in [0.15, 0.2) is 36.4 Å². The van der Waals surface area contributed by atoms with Crippen molar-refractivity contribution in [2.45, 2.75) is 18.9 Å². The molecule has 92 valence electrons. The van der Waals surface area contributed by atoms with Gasteiger partial charge in [0.15, 0.2) is 11.6 Å². The molecule has 1 aromatic rings. The Kier molecular flexibility index (Phi) is 2.45. The van der Waals surface area contributed by atoms with Crippen LogP contribution in [-0.4, -0.2) is 18.2 Å². The first kappa shape index (κ1) is 11.4. The van der Waals surface area contributed by atoms with E-state index in [9.17, 15) is 9.59 Å². The minimum atomic E-state index is -0.726. The molecule has 3 rings (SSSR count). The summed E-state index contributed by atoms with van der Waals surface area (Å²) in [6, 6.07) is 7.48. The number of allylic oxidation sites excluding steroid dienone is 1. The molecule has 2 aliphatic carbocycles. The highest BCUT2D eigenvalue weighted by atomic mass is 16.5. The Morgan fingerprint density at radius 2 is 2.11 bits per heavy atom. The zero-order chi connectivity index (χ0) is 12.8. The lowest BCUT2D eigenvalue weighted by Gasteiger charge is -2.34. The highest BCUT2D eigenvalue weighted by molar-refractivity contribution is 6.08. The maximum absolute atomic E-state index is 12.4. The summed E-state index contributed by atoms with van der Waals surface area (Å²) < 4.78 is 5.88. The largest absolute Gasteiger partial charge is 0.366 e. The second-order valence-corrected chi connectivity index (χ2v) is 4.69. The van der Waals surface area contributed by atoms with Gasteiger partial charge in [-0.2, -0.15) is 0 Å². The van der Waals surface area contributed by atoms with Crippen LogP contribution < -0.4 is 0 Å². The third-order valence-corrected chi connectivity index (χ3v) is 3.75. The number of fused-ring (bicyclic) bond motifs is 3. The average Bonchev–Trinajstić information content (AvgIpc) is 2.62. The van der Waals surface area contributed by atoms with Crippen LogP contribution in [0.4, 0.5) is 0 Å². The molecule has 0 amide bonds. The van der Waals surface area contributed by atoms with Gasteiger partial charge in [-0.05, 0) is 24.6 Å². The van der Waals surface area contributed by atoms with Crippen molar-refractivity contribution >= 4 is 11.6 Å². The quantitative estimate of drug-likeness (QED) is 0.799. The maximum atomic E-state index is 12.4. The molecular weight excluding hydrogens is 228 g/mol. The lowest BCUT2D eigenvalue weighted by atomic mass is 9.79. The molecule has 0 spiro atoms. The second kappa shape index (κ2) is 3.89. The third kappa shape index (κ3) is 1.34. The number of hydrogen-bond acceptors (Lipinski definition) is 3. The second-order valence-electron chi connectivity index (χ2n) is 4.69. The zero-order valence-electron chi connectivity index (χ0n) is 10.2. The van der Waals surface area contributed by atoms with Crippen LogP contribution in [0, 0.1) is 5.92 Å². The normalized spacial score (nSPS) is 29.3. The van der Waals surface area contributed by atoms with Crippen molar-refractivity contribution in [2.75, 3.05) is 6.61 Å². The first-order valence-electron chi connectivity index (χ1n) is 6.19. The summed E-state index contributed by atoms with van der Waals surface area (Å²) in [6.07, 6.45) is 3.54. The smallest absolute Gasteiger partial charge is 0.170 e. The summed E-state index contributed by atoms with van der Waals surface area (Å²) in [5.41, 5.74) is 0.858. The number of carbonyl (C=O) groups is 2. The average molecular weight is 242 g/mol. The summed E-state index contributed by atoms with van der Waals surface area (Å²) >= 11 is 0. The third-order valence-electron chi connectivity index (χ3n) is 3.75. The predicted molar refractivity (Wildman–Crippen MR) is 66.3 cm³/mol. The van der Waals surface area contributed by atoms with Crippen LogP contribution in [-0.2, 0) is 15.1 Å². The van der Waals surface area contributed by atoms with E-state index < -0.39 is 11.5 Å². The van der Waals surface area contributed by atoms with E-state index in [4.69, 9.17) is 4.74 Å². The molecule has 2 atom stereocenters. The predicted octanol–water partition coefficient (Wildman–Crippen LogP) is 2.26. The fraction of sp³-hybridized carbons (Fsp3) is 0.333. The molecule has 1 aromatic carbocycles. The molecule has 0 fully saturated rings. The van der Waals surface area contributed by atoms with Gasteiger partial charge in [0.05, 0.1) is 5.92 Å². The lowest BCUT2D eigenvalue weighted by Crippen LogP contribution is -2.38. The topological polar surface area (TPSA) is 43.4 Å². The van der Waals surface area contributed by atoms with Gasteiger partial charge < -0.3 is 4.74 Å². The number of carbonyl (C=O) groups excluding carboxylic acids is 2. The lowest BCUT2D eigenvalue weighted by molar-refractivity contribution is -0.119. The minimum Gasteiger partial charge on any atom is -0.366 e. The number of ketones is 2. The molecule has 0 bridgehead atoms. The van der Waals surface area contributed by atoms with Crippen molar-refractivity contribution < 1.29 is 14.3 Å². The van der Waals surface area contributed by atoms with Crippen molar-refractivity contribution in [3.8, 4) is 0 Å². The van der Waals surface area contributed by atoms with Gasteiger partial charge in [-0.3, -0.25) is 9.59 Å². The Hall–Kier alpha value is -1.74. The van der Waals surface area contributed by atoms with E-state index in [1.165, 1.54) is 0 Å². The summed E-state index contributed by atoms with van der Waals surface area (Å²) in [6.45, 7) is 2.41. The summed E-state index contributed by atoms with van der Waals surface area (Å²) in [4.78, 5) is 23.9. The Labute approximate surface area is 105 Å². The van der Waals surface area contributed by atoms with Crippen LogP contribution in [0.25, 0.3) is 0 Å². The van der Waals surface area contributed by atoms with Gasteiger partial charge in [0.25, 0.3) is 0 Å². The van der Waals surface area contributed by atoms with Crippen molar-refractivity contribution in [2.24, 2.45) is 5.92 Å². The SMILES string of the molecule is CCOC12C=CC(=O)CC1C(=O)c1ccccc12. The van der Waals surface area contributed by atoms with Gasteiger partial charge in [0, 0.05) is 18.6 Å². The van der Waals surface area contributed by atoms with Gasteiger partial charge >= 0.3 is 0 Å². The Balaban J connectivity index is 2.22. The molecule has 3 nitrogen and oxygen atoms in total. The van der Waals surface area contributed by atoms with Crippen LogP contribution >= 0.6 is 0 Å². The molecule has 2 aliphatic rings. The van der Waals surface area contributed by atoms with E-state index in [1.54, 1.807) is 12.2 Å². The van der Waals surface area contributed by atoms with Gasteiger partial charge in [-0.25, -0.2) is 0 Å². The summed E-state index contributed by atoms with van der Waals surface area (Å²) in [5.74, 6) is -0.374. The molecule has 18 heavy (non-hydrogen) atoms. The van der Waals surface area contributed by atoms with E-state index in [0.29, 0.717) is 12.2 Å². The van der Waals surface area contributed by atoms with Gasteiger partial charge in [-0.1, -0.05) is 24.3 Å². The van der Waals surface area contributed by atoms with Crippen molar-refractivity contribution in [3.05, 3.63) is 47.5 Å². The van der Waals surface area contributed by atoms with Crippen LogP contribution in [0.1, 0.15) is 29.3 Å². The first-order chi connectivity index (χ1) is 8.69. The molecule has 0 heterocycles. The summed E-state index contributed by atoms with van der Waals surface area (Å²) in [5, 5.41) is 0. The fourth-order valence-electron chi connectivity index (χ4n) is 3.01. The van der Waals surface area contributed by atoms with Crippen molar-refractivity contribution in [1.29, 1.82) is 0 Å². The minimum absolute atomic E-state index is 0.00326. The zero-order valence-corrected chi connectivity index (χ0v) is 10.2. The van der Waals surface area contributed by atoms with Gasteiger partial charge in [0.2, 0.25) is 0 Å². The van der Waals surface area contributed by atoms with Gasteiger partial charge in [-0.15, -0.1) is 0 Å². The highest BCUT2D eigenvalue weighted by Gasteiger charge is 2.53. The van der Waals surface area contributed by atoms with Crippen LogP contribution in [0.2, 0.25) is 0 Å². The van der Waals surface area contributed by atoms with E-state index in [1.807, 2.05) is 31.2 Å². The molecule has 0 saturated heterocycles. The van der Waals surface area contributed by atoms with E-state index in [0.717, 1.165) is 5.56 Å². The van der Waals surface area contributed by atoms with E-state index in [-0.39, 0.29) is 18.0 Å². The number of ether oxygens (including phenoxy) is 1. The van der Waals surface area contributed by atoms with E-state index >= 15 is 0 Å². The molecule has 0 saturated carbocycles. The van der Waals surface area contributed by atoms with Crippen LogP contribution in [0.3, 0.4) is 0 Å². The Bertz CT molecular complexity index is 559.